The number of fused-ring (bicyclic) bond motifs is 2. The zero-order chi connectivity index (χ0) is 24.2. The highest BCUT2D eigenvalue weighted by Gasteiger charge is 2.54. The first-order valence-electron chi connectivity index (χ1n) is 12.2. The Morgan fingerprint density at radius 2 is 1.88 bits per heavy atom. The lowest BCUT2D eigenvalue weighted by atomic mass is 9.82. The van der Waals surface area contributed by atoms with Gasteiger partial charge in [0.25, 0.3) is 0 Å². The normalized spacial score (nSPS) is 40.7. The van der Waals surface area contributed by atoms with Crippen LogP contribution in [-0.2, 0) is 14.3 Å². The summed E-state index contributed by atoms with van der Waals surface area (Å²) >= 11 is 0. The third kappa shape index (κ3) is 4.31. The Morgan fingerprint density at radius 1 is 1.12 bits per heavy atom. The highest BCUT2D eigenvalue weighted by atomic mass is 19.3. The van der Waals surface area contributed by atoms with E-state index in [9.17, 15) is 27.2 Å². The number of rotatable bonds is 6. The second-order valence-electron chi connectivity index (χ2n) is 10.6. The molecule has 0 radical (unpaired) electrons. The predicted molar refractivity (Wildman–Crippen MR) is 113 cm³/mol. The number of halogens is 4. The Labute approximate surface area is 196 Å². The van der Waals surface area contributed by atoms with Crippen LogP contribution in [0, 0.1) is 11.8 Å². The van der Waals surface area contributed by atoms with E-state index in [1.165, 1.54) is 4.90 Å². The maximum atomic E-state index is 14.4. The predicted octanol–water partition coefficient (Wildman–Crippen LogP) is 0.727. The number of ether oxygens (including phenoxy) is 1. The van der Waals surface area contributed by atoms with E-state index in [4.69, 9.17) is 0 Å². The number of nitrogens with one attached hydrogen (secondary N) is 3. The molecule has 3 aliphatic heterocycles. The van der Waals surface area contributed by atoms with Crippen LogP contribution in [0.15, 0.2) is 0 Å². The van der Waals surface area contributed by atoms with E-state index in [0.717, 1.165) is 0 Å². The Bertz CT molecular complexity index is 803. The molecule has 5 aliphatic rings. The minimum absolute atomic E-state index is 0.000466. The number of nitrogens with zero attached hydrogens (tertiary/aromatic N) is 2. The summed E-state index contributed by atoms with van der Waals surface area (Å²) in [6, 6.07) is -1.33. The molecule has 0 spiro atoms. The van der Waals surface area contributed by atoms with Crippen molar-refractivity contribution in [2.45, 2.75) is 87.2 Å². The van der Waals surface area contributed by atoms with Crippen LogP contribution in [0.2, 0.25) is 0 Å². The Hall–Kier alpha value is -1.50. The van der Waals surface area contributed by atoms with Crippen LogP contribution in [0.1, 0.15) is 38.5 Å². The molecule has 8 nitrogen and oxygen atoms in total. The molecule has 8 atom stereocenters. The van der Waals surface area contributed by atoms with E-state index in [1.807, 2.05) is 0 Å². The smallest absolute Gasteiger partial charge is 0.341 e. The fourth-order valence-electron chi connectivity index (χ4n) is 6.32. The van der Waals surface area contributed by atoms with E-state index >= 15 is 0 Å². The molecule has 34 heavy (non-hydrogen) atoms. The van der Waals surface area contributed by atoms with Crippen LogP contribution in [0.25, 0.3) is 0 Å². The fourth-order valence-corrected chi connectivity index (χ4v) is 6.32. The van der Waals surface area contributed by atoms with Crippen LogP contribution in [-0.4, -0.2) is 97.0 Å². The van der Waals surface area contributed by atoms with Gasteiger partial charge in [-0.3, -0.25) is 15.0 Å². The monoisotopic (exact) mass is 491 g/mol. The number of hydrogen-bond donors (Lipinski definition) is 3. The van der Waals surface area contributed by atoms with Crippen LogP contribution < -0.4 is 16.2 Å². The number of hydrogen-bond acceptors (Lipinski definition) is 6. The van der Waals surface area contributed by atoms with Crippen LogP contribution in [0.5, 0.6) is 0 Å². The average Bonchev–Trinajstić information content (AvgIpc) is 3.30. The lowest BCUT2D eigenvalue weighted by molar-refractivity contribution is -0.155. The molecule has 3 N–H and O–H groups in total. The molecule has 192 valence electrons. The molecule has 3 saturated heterocycles. The maximum Gasteiger partial charge on any atom is 0.345 e. The summed E-state index contributed by atoms with van der Waals surface area (Å²) in [6.07, 6.45) is -0.181. The summed E-state index contributed by atoms with van der Waals surface area (Å²) < 4.78 is 57.7. The number of amides is 2. The van der Waals surface area contributed by atoms with Gasteiger partial charge in [-0.2, -0.15) is 8.78 Å². The maximum absolute atomic E-state index is 14.4. The number of carbonyl (C=O) groups excluding carboxylic acids is 2. The zero-order valence-corrected chi connectivity index (χ0v) is 19.2. The summed E-state index contributed by atoms with van der Waals surface area (Å²) in [4.78, 5) is 29.8. The summed E-state index contributed by atoms with van der Waals surface area (Å²) in [5.74, 6) is -1.03. The van der Waals surface area contributed by atoms with E-state index in [-0.39, 0.29) is 49.3 Å². The van der Waals surface area contributed by atoms with E-state index in [0.29, 0.717) is 38.8 Å². The van der Waals surface area contributed by atoms with Crippen molar-refractivity contribution in [3.05, 3.63) is 0 Å². The van der Waals surface area contributed by atoms with Crippen molar-refractivity contribution in [3.8, 4) is 0 Å². The molecule has 3 heterocycles. The molecule has 8 unspecified atom stereocenters. The highest BCUT2D eigenvalue weighted by molar-refractivity contribution is 5.85. The van der Waals surface area contributed by atoms with Crippen LogP contribution in [0.4, 0.5) is 17.6 Å². The van der Waals surface area contributed by atoms with Gasteiger partial charge >= 0.3 is 6.61 Å². The summed E-state index contributed by atoms with van der Waals surface area (Å²) in [5.41, 5.74) is 5.49. The number of likely N-dealkylation sites (tertiary alicyclic amines) is 1. The second kappa shape index (κ2) is 9.18. The number of alkyl halides is 4. The first-order chi connectivity index (χ1) is 16.2. The molecule has 2 amide bonds. The van der Waals surface area contributed by atoms with Crippen LogP contribution in [0.3, 0.4) is 0 Å². The van der Waals surface area contributed by atoms with Gasteiger partial charge in [0.1, 0.15) is 18.4 Å². The van der Waals surface area contributed by atoms with Crippen molar-refractivity contribution in [3.63, 3.8) is 0 Å². The Balaban J connectivity index is 1.21. The third-order valence-corrected chi connectivity index (χ3v) is 8.68. The van der Waals surface area contributed by atoms with Crippen LogP contribution >= 0.6 is 0 Å². The number of hydrazine groups is 1. The lowest BCUT2D eigenvalue weighted by Crippen LogP contribution is -2.56. The standard InChI is InChI=1S/C22H33F4N5O3/c1-30(22(5-6-22)10-34-21(25)26)20(33)18-12-9-31(7-4-15(12)28-29-18)19(32)16-8-11-14(27-16)3-2-13(23)17(11)24/h11-18,21,27-29H,2-10H2,1H3. The number of carbonyl (C=O) groups is 2. The minimum Gasteiger partial charge on any atom is -0.341 e. The highest BCUT2D eigenvalue weighted by Crippen LogP contribution is 2.43. The second-order valence-corrected chi connectivity index (χ2v) is 10.6. The molecule has 2 aliphatic carbocycles. The van der Waals surface area contributed by atoms with Gasteiger partial charge in [-0.25, -0.2) is 14.2 Å². The quantitative estimate of drug-likeness (QED) is 0.475. The fraction of sp³-hybridized carbons (Fsp3) is 0.909. The first-order valence-corrected chi connectivity index (χ1v) is 12.2. The molecule has 0 aromatic carbocycles. The van der Waals surface area contributed by atoms with E-state index < -0.39 is 42.5 Å². The van der Waals surface area contributed by atoms with Crippen molar-refractivity contribution in [1.82, 2.24) is 26.0 Å². The number of piperidine rings is 1. The molecule has 0 bridgehead atoms. The lowest BCUT2D eigenvalue weighted by Gasteiger charge is -2.38. The van der Waals surface area contributed by atoms with Gasteiger partial charge in [-0.1, -0.05) is 0 Å². The molecule has 5 rings (SSSR count). The number of likely N-dealkylation sites (N-methyl/N-ethyl adjacent to an activating group) is 1. The molecule has 0 aromatic rings. The van der Waals surface area contributed by atoms with Gasteiger partial charge in [0.2, 0.25) is 11.8 Å². The average molecular weight is 492 g/mol. The van der Waals surface area contributed by atoms with Gasteiger partial charge in [-0.15, -0.1) is 0 Å². The largest absolute Gasteiger partial charge is 0.345 e. The van der Waals surface area contributed by atoms with E-state index in [2.05, 4.69) is 20.9 Å². The van der Waals surface area contributed by atoms with E-state index in [1.54, 1.807) is 11.9 Å². The first kappa shape index (κ1) is 24.2. The van der Waals surface area contributed by atoms with Gasteiger partial charge in [-0.05, 0) is 38.5 Å². The van der Waals surface area contributed by atoms with Crippen molar-refractivity contribution in [2.75, 3.05) is 26.7 Å². The zero-order valence-electron chi connectivity index (χ0n) is 19.2. The summed E-state index contributed by atoms with van der Waals surface area (Å²) in [7, 11) is 1.61. The van der Waals surface area contributed by atoms with Gasteiger partial charge in [0.15, 0.2) is 0 Å². The topological polar surface area (TPSA) is 85.9 Å². The van der Waals surface area contributed by atoms with Gasteiger partial charge < -0.3 is 19.9 Å². The summed E-state index contributed by atoms with van der Waals surface area (Å²) in [6.45, 7) is -2.23. The summed E-state index contributed by atoms with van der Waals surface area (Å²) in [5, 5.41) is 3.22. The van der Waals surface area contributed by atoms with Gasteiger partial charge in [0.05, 0.1) is 18.2 Å². The van der Waals surface area contributed by atoms with Crippen molar-refractivity contribution in [2.24, 2.45) is 11.8 Å². The molecular weight excluding hydrogens is 458 g/mol. The minimum atomic E-state index is -2.88. The molecule has 2 saturated carbocycles. The molecule has 12 heteroatoms. The van der Waals surface area contributed by atoms with Crippen molar-refractivity contribution < 1.29 is 31.9 Å². The Morgan fingerprint density at radius 3 is 2.59 bits per heavy atom. The molecular formula is C22H33F4N5O3. The molecule has 5 fully saturated rings. The van der Waals surface area contributed by atoms with Crippen molar-refractivity contribution >= 4 is 11.8 Å². The SMILES string of the molecule is CN(C(=O)C1NNC2CCN(C(=O)C3CC4C(CCC(F)C4F)N3)CC21)C1(COC(F)F)CC1. The van der Waals surface area contributed by atoms with Gasteiger partial charge in [0, 0.05) is 44.1 Å². The Kier molecular flexibility index (Phi) is 6.54. The van der Waals surface area contributed by atoms with Crippen molar-refractivity contribution in [1.29, 1.82) is 0 Å². The third-order valence-electron chi connectivity index (χ3n) is 8.68. The molecule has 0 aromatic heterocycles.